The SMILES string of the molecule is CC(NP(=O)(OC[C@H]1O[C@@H](n2cnc3c(Cl)nc(N)nc32)[C@@H]2OC(C)(C)O[C@@H]21)Oc1ccccc1)C(=O)O. The molecule has 204 valence electrons. The molecule has 2 aliphatic rings. The van der Waals surface area contributed by atoms with E-state index in [1.54, 1.807) is 48.7 Å². The van der Waals surface area contributed by atoms with Gasteiger partial charge in [-0.2, -0.15) is 15.1 Å². The summed E-state index contributed by atoms with van der Waals surface area (Å²) in [4.78, 5) is 23.9. The van der Waals surface area contributed by atoms with E-state index in [1.807, 2.05) is 0 Å². The van der Waals surface area contributed by atoms with Crippen molar-refractivity contribution in [2.75, 3.05) is 12.3 Å². The molecule has 5 rings (SSSR count). The minimum atomic E-state index is -4.19. The molecule has 2 aliphatic heterocycles. The number of nitrogen functional groups attached to an aromatic ring is 1. The van der Waals surface area contributed by atoms with Crippen LogP contribution < -0.4 is 15.3 Å². The molecule has 1 aromatic carbocycles. The highest BCUT2D eigenvalue weighted by molar-refractivity contribution is 7.52. The van der Waals surface area contributed by atoms with Crippen molar-refractivity contribution in [2.45, 2.75) is 57.1 Å². The maximum absolute atomic E-state index is 13.6. The van der Waals surface area contributed by atoms with Crippen molar-refractivity contribution in [3.05, 3.63) is 41.8 Å². The van der Waals surface area contributed by atoms with Crippen molar-refractivity contribution in [3.63, 3.8) is 0 Å². The number of halogens is 1. The lowest BCUT2D eigenvalue weighted by atomic mass is 10.1. The number of fused-ring (bicyclic) bond motifs is 2. The Hall–Kier alpha value is -2.84. The average molecular weight is 569 g/mol. The van der Waals surface area contributed by atoms with Crippen LogP contribution in [0.4, 0.5) is 5.95 Å². The lowest BCUT2D eigenvalue weighted by molar-refractivity contribution is -0.199. The zero-order valence-corrected chi connectivity index (χ0v) is 22.2. The number of para-hydroxylation sites is 1. The number of aromatic nitrogens is 4. The fourth-order valence-electron chi connectivity index (χ4n) is 4.28. The maximum atomic E-state index is 13.6. The number of carbonyl (C=O) groups is 1. The highest BCUT2D eigenvalue weighted by atomic mass is 35.5. The maximum Gasteiger partial charge on any atom is 0.459 e. The van der Waals surface area contributed by atoms with Gasteiger partial charge in [0.1, 0.15) is 35.6 Å². The van der Waals surface area contributed by atoms with Crippen LogP contribution in [0.5, 0.6) is 5.75 Å². The molecular weight excluding hydrogens is 543 g/mol. The summed E-state index contributed by atoms with van der Waals surface area (Å²) in [7, 11) is -4.19. The van der Waals surface area contributed by atoms with Crippen LogP contribution in [0.2, 0.25) is 5.15 Å². The van der Waals surface area contributed by atoms with Gasteiger partial charge in [-0.25, -0.2) is 9.55 Å². The smallest absolute Gasteiger partial charge is 0.459 e. The molecule has 2 aromatic heterocycles. The Labute approximate surface area is 221 Å². The second-order valence-electron chi connectivity index (χ2n) is 9.21. The Balaban J connectivity index is 1.41. The predicted octanol–water partition coefficient (Wildman–Crippen LogP) is 2.75. The van der Waals surface area contributed by atoms with Crippen molar-refractivity contribution in [1.29, 1.82) is 0 Å². The average Bonchev–Trinajstić information content (AvgIpc) is 3.49. The van der Waals surface area contributed by atoms with Gasteiger partial charge in [0.15, 0.2) is 22.8 Å². The number of rotatable bonds is 9. The first kappa shape index (κ1) is 26.8. The van der Waals surface area contributed by atoms with E-state index in [9.17, 15) is 14.5 Å². The Kier molecular flexibility index (Phi) is 7.07. The fourth-order valence-corrected chi connectivity index (χ4v) is 6.00. The number of carboxylic acids is 1. The number of aliphatic carboxylic acids is 1. The van der Waals surface area contributed by atoms with Crippen LogP contribution in [0.15, 0.2) is 36.7 Å². The third-order valence-electron chi connectivity index (χ3n) is 5.90. The summed E-state index contributed by atoms with van der Waals surface area (Å²) in [5, 5.41) is 11.9. The number of hydrogen-bond donors (Lipinski definition) is 3. The van der Waals surface area contributed by atoms with E-state index in [1.165, 1.54) is 13.3 Å². The Morgan fingerprint density at radius 2 is 2.00 bits per heavy atom. The Morgan fingerprint density at radius 1 is 1.29 bits per heavy atom. The van der Waals surface area contributed by atoms with Gasteiger partial charge in [0.05, 0.1) is 12.9 Å². The molecule has 0 amide bonds. The number of benzene rings is 1. The van der Waals surface area contributed by atoms with E-state index in [0.29, 0.717) is 11.2 Å². The van der Waals surface area contributed by atoms with E-state index < -0.39 is 50.1 Å². The molecule has 2 fully saturated rings. The second kappa shape index (κ2) is 10.0. The van der Waals surface area contributed by atoms with Crippen LogP contribution >= 0.6 is 19.3 Å². The van der Waals surface area contributed by atoms with Gasteiger partial charge in [-0.15, -0.1) is 0 Å². The van der Waals surface area contributed by atoms with Crippen LogP contribution in [0.1, 0.15) is 27.0 Å². The molecule has 0 bridgehead atoms. The minimum absolute atomic E-state index is 0.0415. The quantitative estimate of drug-likeness (QED) is 0.253. The van der Waals surface area contributed by atoms with Gasteiger partial charge in [0.25, 0.3) is 0 Å². The first-order valence-corrected chi connectivity index (χ1v) is 13.5. The number of anilines is 1. The molecule has 0 spiro atoms. The van der Waals surface area contributed by atoms with Crippen LogP contribution in [-0.2, 0) is 28.1 Å². The fraction of sp³-hybridized carbons (Fsp3) is 0.455. The third-order valence-corrected chi connectivity index (χ3v) is 7.80. The molecule has 3 aromatic rings. The monoisotopic (exact) mass is 568 g/mol. The van der Waals surface area contributed by atoms with E-state index in [4.69, 9.17) is 40.6 Å². The zero-order valence-electron chi connectivity index (χ0n) is 20.6. The molecule has 6 atom stereocenters. The summed E-state index contributed by atoms with van der Waals surface area (Å²) < 4.78 is 45.0. The lowest BCUT2D eigenvalue weighted by Crippen LogP contribution is -2.36. The molecule has 16 heteroatoms. The number of nitrogens with zero attached hydrogens (tertiary/aromatic N) is 4. The summed E-state index contributed by atoms with van der Waals surface area (Å²) in [5.41, 5.74) is 6.45. The largest absolute Gasteiger partial charge is 0.480 e. The summed E-state index contributed by atoms with van der Waals surface area (Å²) in [5.74, 6) is -2.01. The first-order chi connectivity index (χ1) is 17.9. The molecule has 0 aliphatic carbocycles. The molecule has 2 unspecified atom stereocenters. The number of nitrogens with one attached hydrogen (secondary N) is 1. The van der Waals surface area contributed by atoms with Crippen molar-refractivity contribution >= 4 is 42.4 Å². The minimum Gasteiger partial charge on any atom is -0.480 e. The highest BCUT2D eigenvalue weighted by Gasteiger charge is 2.56. The molecule has 38 heavy (non-hydrogen) atoms. The second-order valence-corrected chi connectivity index (χ2v) is 11.3. The normalized spacial score (nSPS) is 26.6. The van der Waals surface area contributed by atoms with Crippen LogP contribution in [0.3, 0.4) is 0 Å². The summed E-state index contributed by atoms with van der Waals surface area (Å²) in [6, 6.07) is 7.02. The van der Waals surface area contributed by atoms with Crippen molar-refractivity contribution in [3.8, 4) is 5.75 Å². The van der Waals surface area contributed by atoms with Gasteiger partial charge in [0, 0.05) is 0 Å². The van der Waals surface area contributed by atoms with Gasteiger partial charge in [0.2, 0.25) is 5.95 Å². The Bertz CT molecular complexity index is 1390. The Morgan fingerprint density at radius 3 is 2.71 bits per heavy atom. The van der Waals surface area contributed by atoms with Gasteiger partial charge in [-0.3, -0.25) is 13.9 Å². The molecule has 14 nitrogen and oxygen atoms in total. The zero-order chi connectivity index (χ0) is 27.2. The van der Waals surface area contributed by atoms with Gasteiger partial charge >= 0.3 is 13.7 Å². The lowest BCUT2D eigenvalue weighted by Gasteiger charge is -2.26. The standard InChI is InChI=1S/C22H26ClN6O8P/c1-11(20(30)31)28-38(32,37-12-7-5-4-6-8-12)33-9-13-15-16(36-22(2,3)35-15)19(34-13)29-10-25-14-17(23)26-21(24)27-18(14)29/h4-8,10-11,13,15-16,19H,9H2,1-3H3,(H,28,32)(H,30,31)(H2,24,26,27)/t11?,13-,15-,16-,19-,38?/m1/s1. The summed E-state index contributed by atoms with van der Waals surface area (Å²) >= 11 is 6.18. The van der Waals surface area contributed by atoms with Crippen LogP contribution in [0, 0.1) is 0 Å². The van der Waals surface area contributed by atoms with Crippen molar-refractivity contribution in [1.82, 2.24) is 24.6 Å². The molecular formula is C22H26ClN6O8P. The summed E-state index contributed by atoms with van der Waals surface area (Å²) in [6.45, 7) is 4.54. The topological polar surface area (TPSA) is 182 Å². The molecule has 2 saturated heterocycles. The van der Waals surface area contributed by atoms with Crippen molar-refractivity contribution < 1.29 is 37.7 Å². The number of hydrogen-bond acceptors (Lipinski definition) is 11. The van der Waals surface area contributed by atoms with Gasteiger partial charge in [-0.05, 0) is 32.9 Å². The van der Waals surface area contributed by atoms with E-state index in [-0.39, 0.29) is 23.5 Å². The highest BCUT2D eigenvalue weighted by Crippen LogP contribution is 2.48. The number of imidazole rings is 1. The molecule has 4 heterocycles. The van der Waals surface area contributed by atoms with E-state index in [0.717, 1.165) is 0 Å². The van der Waals surface area contributed by atoms with Gasteiger partial charge < -0.3 is 29.6 Å². The molecule has 0 radical (unpaired) electrons. The van der Waals surface area contributed by atoms with Crippen LogP contribution in [-0.4, -0.2) is 67.3 Å². The number of carboxylic acid groups (broad SMARTS) is 1. The van der Waals surface area contributed by atoms with Crippen molar-refractivity contribution in [2.24, 2.45) is 0 Å². The molecule has 4 N–H and O–H groups in total. The van der Waals surface area contributed by atoms with E-state index in [2.05, 4.69) is 20.0 Å². The third kappa shape index (κ3) is 5.34. The number of ether oxygens (including phenoxy) is 3. The van der Waals surface area contributed by atoms with Crippen LogP contribution in [0.25, 0.3) is 11.2 Å². The first-order valence-electron chi connectivity index (χ1n) is 11.6. The molecule has 0 saturated carbocycles. The summed E-state index contributed by atoms with van der Waals surface area (Å²) in [6.07, 6.45) is -1.39. The van der Waals surface area contributed by atoms with E-state index >= 15 is 0 Å². The van der Waals surface area contributed by atoms with Gasteiger partial charge in [-0.1, -0.05) is 29.8 Å². The predicted molar refractivity (Wildman–Crippen MR) is 133 cm³/mol. The number of nitrogens with two attached hydrogens (primary N) is 1.